The lowest BCUT2D eigenvalue weighted by atomic mass is 10.2. The van der Waals surface area contributed by atoms with Gasteiger partial charge in [0.2, 0.25) is 6.79 Å². The third-order valence-electron chi connectivity index (χ3n) is 3.42. The number of ether oxygens (including phenoxy) is 4. The molecular weight excluding hydrogens is 386 g/mol. The molecule has 2 aromatic carbocycles. The highest BCUT2D eigenvalue weighted by molar-refractivity contribution is 5.77. The number of hydrogen-bond acceptors (Lipinski definition) is 9. The molecule has 10 heteroatoms. The van der Waals surface area contributed by atoms with E-state index in [0.29, 0.717) is 0 Å². The van der Waals surface area contributed by atoms with E-state index < -0.39 is 29.8 Å². The Balaban J connectivity index is 1.59. The van der Waals surface area contributed by atoms with Crippen molar-refractivity contribution in [2.24, 2.45) is 0 Å². The summed E-state index contributed by atoms with van der Waals surface area (Å²) in [6.07, 6.45) is -1.58. The molecule has 0 aliphatic heterocycles. The van der Waals surface area contributed by atoms with Crippen LogP contribution in [0.15, 0.2) is 54.6 Å². The van der Waals surface area contributed by atoms with Crippen molar-refractivity contribution in [2.45, 2.75) is 19.4 Å². The number of hydrogen-bond donors (Lipinski definition) is 0. The van der Waals surface area contributed by atoms with Gasteiger partial charge in [0, 0.05) is 12.1 Å². The molecule has 0 atom stereocenters. The minimum absolute atomic E-state index is 0.0214. The van der Waals surface area contributed by atoms with E-state index in [2.05, 4.69) is 9.47 Å². The summed E-state index contributed by atoms with van der Waals surface area (Å²) < 4.78 is 19.0. The van der Waals surface area contributed by atoms with Crippen molar-refractivity contribution in [1.29, 1.82) is 0 Å². The molecule has 0 aliphatic carbocycles. The van der Waals surface area contributed by atoms with Gasteiger partial charge in [0.25, 0.3) is 5.69 Å². The molecule has 29 heavy (non-hydrogen) atoms. The van der Waals surface area contributed by atoms with Crippen molar-refractivity contribution in [3.05, 3.63) is 70.3 Å². The van der Waals surface area contributed by atoms with Gasteiger partial charge in [-0.05, 0) is 17.7 Å². The number of esters is 2. The van der Waals surface area contributed by atoms with Gasteiger partial charge in [-0.1, -0.05) is 30.3 Å². The van der Waals surface area contributed by atoms with Crippen molar-refractivity contribution in [3.8, 4) is 5.75 Å². The summed E-state index contributed by atoms with van der Waals surface area (Å²) in [5.41, 5.74) is 0.658. The molecule has 10 nitrogen and oxygen atoms in total. The van der Waals surface area contributed by atoms with Crippen LogP contribution >= 0.6 is 0 Å². The quantitative estimate of drug-likeness (QED) is 0.204. The Morgan fingerprint density at radius 2 is 1.45 bits per heavy atom. The number of nitro benzene ring substituents is 1. The molecule has 0 spiro atoms. The number of non-ortho nitro benzene ring substituents is 1. The van der Waals surface area contributed by atoms with Crippen LogP contribution in [0.5, 0.6) is 5.75 Å². The predicted molar refractivity (Wildman–Crippen MR) is 96.6 cm³/mol. The standard InChI is InChI=1S/C19H17NO9/c21-17(26-12-14-4-2-1-3-5-14)10-11-18(22)27-13-28-19(23)29-16-8-6-15(7-9-16)20(24)25/h1-9H,10-13H2. The van der Waals surface area contributed by atoms with Crippen LogP contribution in [0.4, 0.5) is 10.5 Å². The fourth-order valence-corrected chi connectivity index (χ4v) is 1.99. The van der Waals surface area contributed by atoms with Crippen molar-refractivity contribution < 1.29 is 38.3 Å². The van der Waals surface area contributed by atoms with E-state index in [9.17, 15) is 24.5 Å². The average molecular weight is 403 g/mol. The van der Waals surface area contributed by atoms with Crippen LogP contribution in [0, 0.1) is 10.1 Å². The van der Waals surface area contributed by atoms with E-state index in [-0.39, 0.29) is 30.9 Å². The number of nitro groups is 1. The Bertz CT molecular complexity index is 850. The lowest BCUT2D eigenvalue weighted by Crippen LogP contribution is -2.16. The minimum Gasteiger partial charge on any atom is -0.461 e. The highest BCUT2D eigenvalue weighted by Gasteiger charge is 2.12. The molecule has 0 N–H and O–H groups in total. The molecule has 0 aromatic heterocycles. The van der Waals surface area contributed by atoms with E-state index in [4.69, 9.17) is 9.47 Å². The van der Waals surface area contributed by atoms with Gasteiger partial charge < -0.3 is 18.9 Å². The second-order valence-corrected chi connectivity index (χ2v) is 5.53. The molecule has 0 amide bonds. The van der Waals surface area contributed by atoms with Crippen LogP contribution in [0.1, 0.15) is 18.4 Å². The molecular formula is C19H17NO9. The van der Waals surface area contributed by atoms with Crippen molar-refractivity contribution in [1.82, 2.24) is 0 Å². The lowest BCUT2D eigenvalue weighted by molar-refractivity contribution is -0.384. The first-order chi connectivity index (χ1) is 13.9. The van der Waals surface area contributed by atoms with Crippen LogP contribution in [0.2, 0.25) is 0 Å². The Kier molecular flexibility index (Phi) is 8.11. The molecule has 0 radical (unpaired) electrons. The second kappa shape index (κ2) is 11.0. The number of carbonyl (C=O) groups excluding carboxylic acids is 3. The fourth-order valence-electron chi connectivity index (χ4n) is 1.99. The third kappa shape index (κ3) is 8.08. The fraction of sp³-hybridized carbons (Fsp3) is 0.211. The maximum absolute atomic E-state index is 11.6. The lowest BCUT2D eigenvalue weighted by Gasteiger charge is -2.07. The molecule has 2 rings (SSSR count). The molecule has 0 saturated heterocycles. The van der Waals surface area contributed by atoms with Crippen molar-refractivity contribution >= 4 is 23.8 Å². The Morgan fingerprint density at radius 3 is 2.07 bits per heavy atom. The van der Waals surface area contributed by atoms with Crippen LogP contribution in [0.3, 0.4) is 0 Å². The van der Waals surface area contributed by atoms with Gasteiger partial charge >= 0.3 is 18.1 Å². The summed E-state index contributed by atoms with van der Waals surface area (Å²) in [6, 6.07) is 13.8. The molecule has 2 aromatic rings. The number of nitrogens with zero attached hydrogens (tertiary/aromatic N) is 1. The number of benzene rings is 2. The summed E-state index contributed by atoms with van der Waals surface area (Å²) in [5, 5.41) is 10.5. The van der Waals surface area contributed by atoms with Crippen LogP contribution in [-0.2, 0) is 30.4 Å². The largest absolute Gasteiger partial charge is 0.516 e. The monoisotopic (exact) mass is 403 g/mol. The predicted octanol–water partition coefficient (Wildman–Crippen LogP) is 3.13. The van der Waals surface area contributed by atoms with Crippen molar-refractivity contribution in [3.63, 3.8) is 0 Å². The van der Waals surface area contributed by atoms with Crippen LogP contribution < -0.4 is 4.74 Å². The van der Waals surface area contributed by atoms with E-state index >= 15 is 0 Å². The number of carbonyl (C=O) groups is 3. The zero-order valence-electron chi connectivity index (χ0n) is 15.1. The summed E-state index contributed by atoms with van der Waals surface area (Å²) in [7, 11) is 0. The topological polar surface area (TPSA) is 131 Å². The number of rotatable bonds is 9. The summed E-state index contributed by atoms with van der Waals surface area (Å²) in [5.74, 6) is -1.30. The van der Waals surface area contributed by atoms with Gasteiger partial charge in [-0.15, -0.1) is 0 Å². The molecule has 152 valence electrons. The van der Waals surface area contributed by atoms with Gasteiger partial charge in [-0.25, -0.2) is 4.79 Å². The molecule has 0 saturated carbocycles. The van der Waals surface area contributed by atoms with Crippen LogP contribution in [-0.4, -0.2) is 29.8 Å². The molecule has 0 heterocycles. The first-order valence-electron chi connectivity index (χ1n) is 8.38. The van der Waals surface area contributed by atoms with Crippen molar-refractivity contribution in [2.75, 3.05) is 6.79 Å². The summed E-state index contributed by atoms with van der Waals surface area (Å²) >= 11 is 0. The molecule has 0 bridgehead atoms. The Morgan fingerprint density at radius 1 is 0.828 bits per heavy atom. The average Bonchev–Trinajstić information content (AvgIpc) is 2.72. The summed E-state index contributed by atoms with van der Waals surface area (Å²) in [4.78, 5) is 44.5. The van der Waals surface area contributed by atoms with Gasteiger partial charge in [0.1, 0.15) is 12.4 Å². The van der Waals surface area contributed by atoms with Gasteiger partial charge in [-0.3, -0.25) is 19.7 Å². The van der Waals surface area contributed by atoms with E-state index in [1.165, 1.54) is 12.1 Å². The maximum Gasteiger partial charge on any atom is 0.516 e. The first-order valence-corrected chi connectivity index (χ1v) is 8.38. The zero-order chi connectivity index (χ0) is 21.1. The highest BCUT2D eigenvalue weighted by Crippen LogP contribution is 2.17. The third-order valence-corrected chi connectivity index (χ3v) is 3.42. The minimum atomic E-state index is -1.16. The van der Waals surface area contributed by atoms with E-state index in [1.54, 1.807) is 12.1 Å². The Labute approximate surface area is 165 Å². The zero-order valence-corrected chi connectivity index (χ0v) is 15.1. The maximum atomic E-state index is 11.6. The highest BCUT2D eigenvalue weighted by atomic mass is 16.8. The molecule has 0 aliphatic rings. The van der Waals surface area contributed by atoms with Gasteiger partial charge in [0.15, 0.2) is 0 Å². The molecule has 0 unspecified atom stereocenters. The Hall–Kier alpha value is -3.95. The van der Waals surface area contributed by atoms with E-state index in [0.717, 1.165) is 17.7 Å². The smallest absolute Gasteiger partial charge is 0.461 e. The second-order valence-electron chi connectivity index (χ2n) is 5.53. The van der Waals surface area contributed by atoms with E-state index in [1.807, 2.05) is 18.2 Å². The van der Waals surface area contributed by atoms with Gasteiger partial charge in [0.05, 0.1) is 17.8 Å². The van der Waals surface area contributed by atoms with Crippen LogP contribution in [0.25, 0.3) is 0 Å². The first kappa shape index (κ1) is 21.4. The normalized spacial score (nSPS) is 9.93. The summed E-state index contributed by atoms with van der Waals surface area (Å²) in [6.45, 7) is -0.601. The molecule has 0 fully saturated rings. The SMILES string of the molecule is O=C(CCC(=O)OCc1ccccc1)OCOC(=O)Oc1ccc([N+](=O)[O-])cc1. The van der Waals surface area contributed by atoms with Gasteiger partial charge in [-0.2, -0.15) is 0 Å².